The number of nitrogens with zero attached hydrogens (tertiary/aromatic N) is 1. The maximum atomic E-state index is 5.68. The molecule has 1 heterocycles. The molecular formula is C13H22N2O. The number of ether oxygens (including phenoxy) is 1. The molecule has 0 aliphatic rings. The third-order valence-corrected chi connectivity index (χ3v) is 2.21. The lowest BCUT2D eigenvalue weighted by molar-refractivity contribution is 0.243. The van der Waals surface area contributed by atoms with Gasteiger partial charge in [-0.15, -0.1) is 0 Å². The average molecular weight is 222 g/mol. The van der Waals surface area contributed by atoms with Crippen molar-refractivity contribution in [1.82, 2.24) is 4.98 Å². The molecule has 1 aromatic heterocycles. The van der Waals surface area contributed by atoms with Crippen LogP contribution in [0, 0.1) is 0 Å². The highest BCUT2D eigenvalue weighted by atomic mass is 16.5. The zero-order valence-electron chi connectivity index (χ0n) is 10.5. The van der Waals surface area contributed by atoms with Gasteiger partial charge in [0.15, 0.2) is 11.6 Å². The van der Waals surface area contributed by atoms with Crippen molar-refractivity contribution in [1.29, 1.82) is 0 Å². The van der Waals surface area contributed by atoms with Gasteiger partial charge in [0.25, 0.3) is 0 Å². The second kappa shape index (κ2) is 7.09. The van der Waals surface area contributed by atoms with Gasteiger partial charge in [0.05, 0.1) is 6.10 Å². The molecule has 0 aliphatic heterocycles. The molecule has 0 fully saturated rings. The van der Waals surface area contributed by atoms with Gasteiger partial charge >= 0.3 is 0 Å². The van der Waals surface area contributed by atoms with E-state index in [1.807, 2.05) is 26.0 Å². The first-order valence-corrected chi connectivity index (χ1v) is 6.09. The Balaban J connectivity index is 2.50. The number of hydrogen-bond donors (Lipinski definition) is 1. The fourth-order valence-corrected chi connectivity index (χ4v) is 1.45. The van der Waals surface area contributed by atoms with Crippen molar-refractivity contribution in [3.05, 3.63) is 18.3 Å². The lowest BCUT2D eigenvalue weighted by atomic mass is 10.2. The van der Waals surface area contributed by atoms with E-state index >= 15 is 0 Å². The normalized spacial score (nSPS) is 10.5. The van der Waals surface area contributed by atoms with Crippen molar-refractivity contribution in [2.45, 2.75) is 46.1 Å². The molecule has 90 valence electrons. The minimum atomic E-state index is 0.181. The molecule has 0 radical (unpaired) electrons. The van der Waals surface area contributed by atoms with Gasteiger partial charge < -0.3 is 10.1 Å². The fourth-order valence-electron chi connectivity index (χ4n) is 1.45. The van der Waals surface area contributed by atoms with Crippen LogP contribution in [0.25, 0.3) is 0 Å². The summed E-state index contributed by atoms with van der Waals surface area (Å²) in [4.78, 5) is 4.29. The van der Waals surface area contributed by atoms with Crippen LogP contribution in [0.2, 0.25) is 0 Å². The van der Waals surface area contributed by atoms with Crippen LogP contribution in [0.15, 0.2) is 18.3 Å². The van der Waals surface area contributed by atoms with Gasteiger partial charge in [-0.25, -0.2) is 4.98 Å². The van der Waals surface area contributed by atoms with Crippen LogP contribution in [0.4, 0.5) is 5.82 Å². The maximum Gasteiger partial charge on any atom is 0.168 e. The van der Waals surface area contributed by atoms with Gasteiger partial charge in [-0.3, -0.25) is 0 Å². The summed E-state index contributed by atoms with van der Waals surface area (Å²) in [5.74, 6) is 1.70. The third kappa shape index (κ3) is 4.51. The highest BCUT2D eigenvalue weighted by molar-refractivity contribution is 5.49. The van der Waals surface area contributed by atoms with E-state index in [1.54, 1.807) is 6.20 Å². The van der Waals surface area contributed by atoms with Gasteiger partial charge in [0, 0.05) is 12.7 Å². The molecule has 0 amide bonds. The molecule has 1 rings (SSSR count). The van der Waals surface area contributed by atoms with Crippen LogP contribution in [0.1, 0.15) is 40.0 Å². The van der Waals surface area contributed by atoms with Gasteiger partial charge in [-0.1, -0.05) is 19.8 Å². The SMILES string of the molecule is CCCCCNc1ncccc1OC(C)C. The van der Waals surface area contributed by atoms with E-state index in [2.05, 4.69) is 17.2 Å². The van der Waals surface area contributed by atoms with Crippen molar-refractivity contribution in [3.63, 3.8) is 0 Å². The molecular weight excluding hydrogens is 200 g/mol. The molecule has 0 spiro atoms. The molecule has 0 saturated heterocycles. The number of hydrogen-bond acceptors (Lipinski definition) is 3. The summed E-state index contributed by atoms with van der Waals surface area (Å²) >= 11 is 0. The quantitative estimate of drug-likeness (QED) is 0.717. The van der Waals surface area contributed by atoms with Crippen molar-refractivity contribution in [3.8, 4) is 5.75 Å². The van der Waals surface area contributed by atoms with Gasteiger partial charge in [0.1, 0.15) is 0 Å². The van der Waals surface area contributed by atoms with Crippen LogP contribution in [-0.2, 0) is 0 Å². The number of unbranched alkanes of at least 4 members (excludes halogenated alkanes) is 2. The first-order chi connectivity index (χ1) is 7.74. The molecule has 16 heavy (non-hydrogen) atoms. The first kappa shape index (κ1) is 12.8. The van der Waals surface area contributed by atoms with Gasteiger partial charge in [-0.05, 0) is 32.4 Å². The third-order valence-electron chi connectivity index (χ3n) is 2.21. The maximum absolute atomic E-state index is 5.68. The molecule has 0 bridgehead atoms. The van der Waals surface area contributed by atoms with E-state index in [9.17, 15) is 0 Å². The standard InChI is InChI=1S/C13H22N2O/c1-4-5-6-9-14-13-12(16-11(2)3)8-7-10-15-13/h7-8,10-11H,4-6,9H2,1-3H3,(H,14,15). The summed E-state index contributed by atoms with van der Waals surface area (Å²) in [5.41, 5.74) is 0. The Bertz CT molecular complexity index is 300. The zero-order valence-corrected chi connectivity index (χ0v) is 10.5. The second-order valence-corrected chi connectivity index (χ2v) is 4.15. The highest BCUT2D eigenvalue weighted by Gasteiger charge is 2.05. The Morgan fingerprint density at radius 1 is 1.38 bits per heavy atom. The Morgan fingerprint density at radius 3 is 2.88 bits per heavy atom. The Morgan fingerprint density at radius 2 is 2.19 bits per heavy atom. The first-order valence-electron chi connectivity index (χ1n) is 6.09. The zero-order chi connectivity index (χ0) is 11.8. The summed E-state index contributed by atoms with van der Waals surface area (Å²) in [6.45, 7) is 7.20. The van der Waals surface area contributed by atoms with Gasteiger partial charge in [0.2, 0.25) is 0 Å². The van der Waals surface area contributed by atoms with Crippen molar-refractivity contribution in [2.24, 2.45) is 0 Å². The lowest BCUT2D eigenvalue weighted by Gasteiger charge is -2.14. The molecule has 0 aromatic carbocycles. The molecule has 1 N–H and O–H groups in total. The smallest absolute Gasteiger partial charge is 0.168 e. The molecule has 0 atom stereocenters. The van der Waals surface area contributed by atoms with E-state index in [4.69, 9.17) is 4.74 Å². The van der Waals surface area contributed by atoms with Crippen LogP contribution in [0.3, 0.4) is 0 Å². The molecule has 0 aliphatic carbocycles. The molecule has 3 nitrogen and oxygen atoms in total. The summed E-state index contributed by atoms with van der Waals surface area (Å²) in [5, 5.41) is 3.32. The summed E-state index contributed by atoms with van der Waals surface area (Å²) in [6, 6.07) is 3.85. The molecule has 3 heteroatoms. The van der Waals surface area contributed by atoms with Crippen molar-refractivity contribution < 1.29 is 4.74 Å². The molecule has 1 aromatic rings. The van der Waals surface area contributed by atoms with Crippen molar-refractivity contribution in [2.75, 3.05) is 11.9 Å². The molecule has 0 saturated carbocycles. The lowest BCUT2D eigenvalue weighted by Crippen LogP contribution is -2.10. The van der Waals surface area contributed by atoms with Crippen LogP contribution < -0.4 is 10.1 Å². The fraction of sp³-hybridized carbons (Fsp3) is 0.615. The number of aromatic nitrogens is 1. The van der Waals surface area contributed by atoms with E-state index in [0.29, 0.717) is 0 Å². The van der Waals surface area contributed by atoms with E-state index in [1.165, 1.54) is 19.3 Å². The van der Waals surface area contributed by atoms with E-state index in [-0.39, 0.29) is 6.10 Å². The molecule has 0 unspecified atom stereocenters. The summed E-state index contributed by atoms with van der Waals surface area (Å²) < 4.78 is 5.68. The number of anilines is 1. The number of nitrogens with one attached hydrogen (secondary N) is 1. The summed E-state index contributed by atoms with van der Waals surface area (Å²) in [7, 11) is 0. The largest absolute Gasteiger partial charge is 0.487 e. The highest BCUT2D eigenvalue weighted by Crippen LogP contribution is 2.21. The van der Waals surface area contributed by atoms with E-state index in [0.717, 1.165) is 18.1 Å². The van der Waals surface area contributed by atoms with E-state index < -0.39 is 0 Å². The minimum Gasteiger partial charge on any atom is -0.487 e. The average Bonchev–Trinajstić information content (AvgIpc) is 2.26. The second-order valence-electron chi connectivity index (χ2n) is 4.15. The predicted molar refractivity (Wildman–Crippen MR) is 68.0 cm³/mol. The van der Waals surface area contributed by atoms with Gasteiger partial charge in [-0.2, -0.15) is 0 Å². The van der Waals surface area contributed by atoms with Crippen LogP contribution in [0.5, 0.6) is 5.75 Å². The Hall–Kier alpha value is -1.25. The topological polar surface area (TPSA) is 34.2 Å². The minimum absolute atomic E-state index is 0.181. The Kier molecular flexibility index (Phi) is 5.68. The summed E-state index contributed by atoms with van der Waals surface area (Å²) in [6.07, 6.45) is 5.63. The number of rotatable bonds is 7. The van der Waals surface area contributed by atoms with Crippen LogP contribution >= 0.6 is 0 Å². The Labute approximate surface area is 98.2 Å². The van der Waals surface area contributed by atoms with Crippen LogP contribution in [-0.4, -0.2) is 17.6 Å². The monoisotopic (exact) mass is 222 g/mol. The van der Waals surface area contributed by atoms with Crippen molar-refractivity contribution >= 4 is 5.82 Å². The number of pyridine rings is 1. The predicted octanol–water partition coefficient (Wildman–Crippen LogP) is 3.47.